The van der Waals surface area contributed by atoms with Crippen molar-refractivity contribution in [3.05, 3.63) is 59.1 Å². The number of nitrogens with one attached hydrogen (secondary N) is 1. The minimum absolute atomic E-state index is 0.106. The topological polar surface area (TPSA) is 64.1 Å². The Morgan fingerprint density at radius 2 is 2.14 bits per heavy atom. The average molecular weight is 302 g/mol. The quantitative estimate of drug-likeness (QED) is 0.767. The number of nitrogens with two attached hydrogens (primary N) is 1. The normalized spacial score (nSPS) is 12.5. The van der Waals surface area contributed by atoms with Crippen LogP contribution >= 0.6 is 11.6 Å². The minimum atomic E-state index is -0.106. The lowest BCUT2D eigenvalue weighted by molar-refractivity contribution is 0.459. The first kappa shape index (κ1) is 13.9. The molecule has 4 nitrogen and oxygen atoms in total. The molecule has 3 rings (SSSR count). The highest BCUT2D eigenvalue weighted by molar-refractivity contribution is 6.35. The molecule has 1 atom stereocenters. The molecule has 2 heterocycles. The van der Waals surface area contributed by atoms with Crippen LogP contribution in [0.1, 0.15) is 17.6 Å². The first-order valence-corrected chi connectivity index (χ1v) is 7.13. The van der Waals surface area contributed by atoms with Crippen molar-refractivity contribution in [3.63, 3.8) is 0 Å². The van der Waals surface area contributed by atoms with Crippen molar-refractivity contribution < 1.29 is 4.42 Å². The Hall–Kier alpha value is -2.04. The number of pyridine rings is 1. The maximum atomic E-state index is 6.21. The Balaban J connectivity index is 1.99. The van der Waals surface area contributed by atoms with E-state index in [2.05, 4.69) is 10.3 Å². The van der Waals surface area contributed by atoms with Gasteiger partial charge in [-0.3, -0.25) is 4.98 Å². The molecule has 0 amide bonds. The fourth-order valence-electron chi connectivity index (χ4n) is 2.33. The van der Waals surface area contributed by atoms with Crippen LogP contribution in [-0.4, -0.2) is 11.5 Å². The fourth-order valence-corrected chi connectivity index (χ4v) is 2.54. The van der Waals surface area contributed by atoms with Gasteiger partial charge in [-0.05, 0) is 43.3 Å². The van der Waals surface area contributed by atoms with Crippen LogP contribution < -0.4 is 11.1 Å². The average Bonchev–Trinajstić information content (AvgIpc) is 2.93. The van der Waals surface area contributed by atoms with E-state index in [1.807, 2.05) is 43.3 Å². The van der Waals surface area contributed by atoms with E-state index in [0.29, 0.717) is 11.6 Å². The molecule has 3 N–H and O–H groups in total. The molecule has 108 valence electrons. The molecule has 0 saturated carbocycles. The molecule has 0 aliphatic rings. The first-order valence-electron chi connectivity index (χ1n) is 6.75. The van der Waals surface area contributed by atoms with Gasteiger partial charge in [0.2, 0.25) is 0 Å². The highest BCUT2D eigenvalue weighted by atomic mass is 35.5. The van der Waals surface area contributed by atoms with Crippen LogP contribution in [0, 0.1) is 6.92 Å². The van der Waals surface area contributed by atoms with Gasteiger partial charge in [-0.15, -0.1) is 0 Å². The second kappa shape index (κ2) is 5.76. The summed E-state index contributed by atoms with van der Waals surface area (Å²) < 4.78 is 5.66. The Bertz CT molecular complexity index is 769. The van der Waals surface area contributed by atoms with Crippen molar-refractivity contribution in [1.82, 2.24) is 4.98 Å². The van der Waals surface area contributed by atoms with Crippen molar-refractivity contribution in [3.8, 4) is 0 Å². The van der Waals surface area contributed by atoms with Crippen LogP contribution in [0.2, 0.25) is 5.02 Å². The number of anilines is 1. The van der Waals surface area contributed by atoms with Gasteiger partial charge >= 0.3 is 0 Å². The summed E-state index contributed by atoms with van der Waals surface area (Å²) in [6.07, 6.45) is 1.75. The number of fused-ring (bicyclic) bond motifs is 1. The number of nitrogens with zero attached hydrogens (tertiary/aromatic N) is 1. The van der Waals surface area contributed by atoms with Crippen LogP contribution in [-0.2, 0) is 0 Å². The lowest BCUT2D eigenvalue weighted by atomic mass is 10.1. The number of benzene rings is 1. The van der Waals surface area contributed by atoms with Crippen LogP contribution in [0.25, 0.3) is 10.9 Å². The number of aromatic nitrogens is 1. The van der Waals surface area contributed by atoms with Gasteiger partial charge in [0.1, 0.15) is 11.5 Å². The largest absolute Gasteiger partial charge is 0.464 e. The monoisotopic (exact) mass is 301 g/mol. The summed E-state index contributed by atoms with van der Waals surface area (Å²) in [5, 5.41) is 4.98. The number of rotatable bonds is 4. The van der Waals surface area contributed by atoms with Crippen LogP contribution in [0.4, 0.5) is 5.69 Å². The van der Waals surface area contributed by atoms with Crippen molar-refractivity contribution in [1.29, 1.82) is 0 Å². The molecule has 1 aromatic carbocycles. The maximum absolute atomic E-state index is 6.21. The highest BCUT2D eigenvalue weighted by Crippen LogP contribution is 2.30. The Labute approximate surface area is 127 Å². The maximum Gasteiger partial charge on any atom is 0.127 e. The zero-order chi connectivity index (χ0) is 14.8. The molecular weight excluding hydrogens is 286 g/mol. The number of furan rings is 1. The van der Waals surface area contributed by atoms with Crippen molar-refractivity contribution in [2.45, 2.75) is 13.0 Å². The third kappa shape index (κ3) is 2.73. The highest BCUT2D eigenvalue weighted by Gasteiger charge is 2.15. The van der Waals surface area contributed by atoms with Gasteiger partial charge in [0, 0.05) is 18.1 Å². The second-order valence-electron chi connectivity index (χ2n) is 4.88. The first-order chi connectivity index (χ1) is 10.2. The molecule has 0 saturated heterocycles. The lowest BCUT2D eigenvalue weighted by Gasteiger charge is -2.17. The van der Waals surface area contributed by atoms with Crippen molar-refractivity contribution >= 4 is 28.2 Å². The molecule has 0 aliphatic heterocycles. The van der Waals surface area contributed by atoms with E-state index < -0.39 is 0 Å². The van der Waals surface area contributed by atoms with Gasteiger partial charge in [0.05, 0.1) is 22.3 Å². The van der Waals surface area contributed by atoms with Crippen LogP contribution in [0.15, 0.2) is 47.0 Å². The van der Waals surface area contributed by atoms with E-state index in [4.69, 9.17) is 21.8 Å². The molecule has 21 heavy (non-hydrogen) atoms. The van der Waals surface area contributed by atoms with Crippen LogP contribution in [0.5, 0.6) is 0 Å². The van der Waals surface area contributed by atoms with Gasteiger partial charge in [-0.25, -0.2) is 0 Å². The zero-order valence-corrected chi connectivity index (χ0v) is 12.4. The smallest absolute Gasteiger partial charge is 0.127 e. The molecule has 0 bridgehead atoms. The number of halogens is 1. The molecule has 2 aromatic heterocycles. The van der Waals surface area contributed by atoms with E-state index in [1.54, 1.807) is 6.20 Å². The summed E-state index contributed by atoms with van der Waals surface area (Å²) in [6.45, 7) is 2.33. The van der Waals surface area contributed by atoms with E-state index in [0.717, 1.165) is 28.1 Å². The number of aryl methyl sites for hydroxylation is 1. The molecule has 0 spiro atoms. The summed E-state index contributed by atoms with van der Waals surface area (Å²) >= 11 is 6.21. The fraction of sp³-hybridized carbons (Fsp3) is 0.188. The van der Waals surface area contributed by atoms with Crippen molar-refractivity contribution in [2.75, 3.05) is 11.9 Å². The standard InChI is InChI=1S/C16H16ClN3O/c1-10-4-7-15(21-10)14(9-18)20-13-6-5-12(17)11-3-2-8-19-16(11)13/h2-8,14,20H,9,18H2,1H3. The zero-order valence-electron chi connectivity index (χ0n) is 11.6. The third-order valence-corrected chi connectivity index (χ3v) is 3.72. The van der Waals surface area contributed by atoms with Gasteiger partial charge in [-0.1, -0.05) is 11.6 Å². The Kier molecular flexibility index (Phi) is 3.82. The van der Waals surface area contributed by atoms with Crippen molar-refractivity contribution in [2.24, 2.45) is 5.73 Å². The Morgan fingerprint density at radius 1 is 1.29 bits per heavy atom. The summed E-state index contributed by atoms with van der Waals surface area (Å²) in [5.41, 5.74) is 7.58. The van der Waals surface area contributed by atoms with Gasteiger partial charge in [0.15, 0.2) is 0 Å². The minimum Gasteiger partial charge on any atom is -0.464 e. The van der Waals surface area contributed by atoms with Gasteiger partial charge < -0.3 is 15.5 Å². The molecule has 3 aromatic rings. The predicted octanol–water partition coefficient (Wildman–Crippen LogP) is 3.90. The predicted molar refractivity (Wildman–Crippen MR) is 85.6 cm³/mol. The summed E-state index contributed by atoms with van der Waals surface area (Å²) in [6, 6.07) is 11.3. The van der Waals surface area contributed by atoms with E-state index in [1.165, 1.54) is 0 Å². The molecule has 5 heteroatoms. The molecular formula is C16H16ClN3O. The van der Waals surface area contributed by atoms with E-state index in [9.17, 15) is 0 Å². The molecule has 1 unspecified atom stereocenters. The van der Waals surface area contributed by atoms with Gasteiger partial charge in [-0.2, -0.15) is 0 Å². The van der Waals surface area contributed by atoms with E-state index >= 15 is 0 Å². The summed E-state index contributed by atoms with van der Waals surface area (Å²) in [7, 11) is 0. The number of hydrogen-bond acceptors (Lipinski definition) is 4. The molecule has 0 fully saturated rings. The van der Waals surface area contributed by atoms with E-state index in [-0.39, 0.29) is 6.04 Å². The van der Waals surface area contributed by atoms with Gasteiger partial charge in [0.25, 0.3) is 0 Å². The third-order valence-electron chi connectivity index (χ3n) is 3.39. The lowest BCUT2D eigenvalue weighted by Crippen LogP contribution is -2.20. The summed E-state index contributed by atoms with van der Waals surface area (Å²) in [4.78, 5) is 4.41. The Morgan fingerprint density at radius 3 is 2.86 bits per heavy atom. The summed E-state index contributed by atoms with van der Waals surface area (Å²) in [5.74, 6) is 1.68. The van der Waals surface area contributed by atoms with Crippen LogP contribution in [0.3, 0.4) is 0 Å². The molecule has 0 radical (unpaired) electrons. The SMILES string of the molecule is Cc1ccc(C(CN)Nc2ccc(Cl)c3cccnc23)o1. The molecule has 0 aliphatic carbocycles. The second-order valence-corrected chi connectivity index (χ2v) is 5.28. The number of hydrogen-bond donors (Lipinski definition) is 2.